The van der Waals surface area contributed by atoms with E-state index >= 15 is 0 Å². The Labute approximate surface area is 140 Å². The van der Waals surface area contributed by atoms with E-state index in [4.69, 9.17) is 0 Å². The van der Waals surface area contributed by atoms with Gasteiger partial charge in [0.25, 0.3) is 5.82 Å². The Balaban J connectivity index is 0.000000496. The number of aryl methyl sites for hydroxylation is 2. The van der Waals surface area contributed by atoms with Crippen LogP contribution in [-0.4, -0.2) is 32.8 Å². The maximum Gasteiger partial charge on any atom is 0.480 e. The van der Waals surface area contributed by atoms with Crippen molar-refractivity contribution in [2.75, 3.05) is 0 Å². The highest BCUT2D eigenvalue weighted by molar-refractivity contribution is 8.13. The fourth-order valence-corrected chi connectivity index (χ4v) is 2.95. The van der Waals surface area contributed by atoms with E-state index in [0.29, 0.717) is 0 Å². The van der Waals surface area contributed by atoms with Crippen LogP contribution in [0.5, 0.6) is 0 Å². The molecule has 0 bridgehead atoms. The van der Waals surface area contributed by atoms with Gasteiger partial charge in [0.15, 0.2) is 20.0 Å². The second-order valence-corrected chi connectivity index (χ2v) is 7.96. The topological polar surface area (TPSA) is 102 Å². The molecule has 1 rings (SSSR count). The third-order valence-electron chi connectivity index (χ3n) is 2.52. The lowest BCUT2D eigenvalue weighted by molar-refractivity contribution is -0.677. The van der Waals surface area contributed by atoms with Crippen molar-refractivity contribution in [2.45, 2.75) is 37.2 Å². The smallest absolute Gasteiger partial charge is 0.421 e. The van der Waals surface area contributed by atoms with Gasteiger partial charge in [-0.3, -0.25) is 0 Å². The van der Waals surface area contributed by atoms with Crippen molar-refractivity contribution in [2.24, 2.45) is 7.05 Å². The Morgan fingerprint density at radius 2 is 1.48 bits per heavy atom. The molecular formula is C10H15F6N3O4S2. The number of halogens is 6. The maximum atomic E-state index is 11.4. The Bertz CT molecular complexity index is 710. The number of H-pyrrole nitrogens is 1. The number of imidazole rings is 1. The first-order valence-electron chi connectivity index (χ1n) is 6.44. The van der Waals surface area contributed by atoms with Crippen molar-refractivity contribution < 1.29 is 47.7 Å². The lowest BCUT2D eigenvalue weighted by Gasteiger charge is -2.22. The highest BCUT2D eigenvalue weighted by atomic mass is 32.3. The third kappa shape index (κ3) is 7.19. The second kappa shape index (κ2) is 8.35. The summed E-state index contributed by atoms with van der Waals surface area (Å²) in [6, 6.07) is 0. The molecule has 7 nitrogen and oxygen atoms in total. The normalized spacial score (nSPS) is 13.3. The van der Waals surface area contributed by atoms with Crippen LogP contribution < -0.4 is 4.57 Å². The lowest BCUT2D eigenvalue weighted by Crippen LogP contribution is -2.30. The number of rotatable bonds is 5. The average Bonchev–Trinajstić information content (AvgIpc) is 2.78. The number of unbranched alkanes of at least 4 members (excludes halogenated alkanes) is 1. The molecule has 148 valence electrons. The molecule has 0 atom stereocenters. The van der Waals surface area contributed by atoms with Gasteiger partial charge in [0.2, 0.25) is 0 Å². The Hall–Kier alpha value is -1.35. The van der Waals surface area contributed by atoms with E-state index in [9.17, 15) is 43.2 Å². The van der Waals surface area contributed by atoms with E-state index in [1.807, 2.05) is 12.4 Å². The molecule has 0 aromatic carbocycles. The zero-order chi connectivity index (χ0) is 20.1. The minimum absolute atomic E-state index is 0.778. The number of nitrogens with one attached hydrogen (secondary N) is 1. The third-order valence-corrected chi connectivity index (χ3v) is 5.26. The van der Waals surface area contributed by atoms with Crippen LogP contribution in [0.1, 0.15) is 25.6 Å². The monoisotopic (exact) mass is 419 g/mol. The first-order chi connectivity index (χ1) is 11.0. The molecule has 0 aliphatic heterocycles. The van der Waals surface area contributed by atoms with Crippen molar-refractivity contribution in [3.05, 3.63) is 22.3 Å². The summed E-state index contributed by atoms with van der Waals surface area (Å²) in [5.74, 6) is 1.32. The van der Waals surface area contributed by atoms with Gasteiger partial charge < -0.3 is 4.13 Å². The molecule has 0 aliphatic carbocycles. The Morgan fingerprint density at radius 3 is 1.76 bits per heavy atom. The first-order valence-corrected chi connectivity index (χ1v) is 9.32. The fourth-order valence-electron chi connectivity index (χ4n) is 1.24. The number of nitrogens with zero attached hydrogens (tertiary/aromatic N) is 2. The summed E-state index contributed by atoms with van der Waals surface area (Å²) in [6.07, 6.45) is 7.73. The van der Waals surface area contributed by atoms with Crippen molar-refractivity contribution in [3.8, 4) is 0 Å². The van der Waals surface area contributed by atoms with Gasteiger partial charge in [-0.25, -0.2) is 26.4 Å². The molecule has 0 saturated heterocycles. The number of hydrogen-bond acceptors (Lipinski definition) is 4. The van der Waals surface area contributed by atoms with Crippen LogP contribution in [0.25, 0.3) is 4.13 Å². The zero-order valence-electron chi connectivity index (χ0n) is 12.9. The van der Waals surface area contributed by atoms with Gasteiger partial charge in [0, 0.05) is 6.42 Å². The van der Waals surface area contributed by atoms with Crippen LogP contribution in [0.15, 0.2) is 12.4 Å². The molecular weight excluding hydrogens is 404 g/mol. The van der Waals surface area contributed by atoms with E-state index in [2.05, 4.69) is 23.5 Å². The number of hydrogen-bond donors (Lipinski definition) is 1. The maximum absolute atomic E-state index is 11.4. The van der Waals surface area contributed by atoms with Gasteiger partial charge in [-0.2, -0.15) is 26.3 Å². The molecule has 0 amide bonds. The quantitative estimate of drug-likeness (QED) is 0.584. The molecule has 1 aromatic rings. The minimum Gasteiger partial charge on any atom is -0.421 e. The molecule has 25 heavy (non-hydrogen) atoms. The van der Waals surface area contributed by atoms with Gasteiger partial charge in [-0.05, 0) is 6.42 Å². The molecule has 1 heterocycles. The average molecular weight is 419 g/mol. The van der Waals surface area contributed by atoms with E-state index in [1.165, 1.54) is 25.1 Å². The van der Waals surface area contributed by atoms with E-state index in [0.717, 1.165) is 4.13 Å². The summed E-state index contributed by atoms with van der Waals surface area (Å²) in [4.78, 5) is 3.20. The van der Waals surface area contributed by atoms with Crippen LogP contribution in [0.2, 0.25) is 0 Å². The second-order valence-electron chi connectivity index (χ2n) is 4.54. The van der Waals surface area contributed by atoms with Gasteiger partial charge in [-0.15, -0.1) is 0 Å². The summed E-state index contributed by atoms with van der Waals surface area (Å²) >= 11 is 0. The molecule has 0 radical (unpaired) electrons. The highest BCUT2D eigenvalue weighted by Crippen LogP contribution is 2.36. The lowest BCUT2D eigenvalue weighted by atomic mass is 10.2. The van der Waals surface area contributed by atoms with E-state index in [-0.39, 0.29) is 0 Å². The van der Waals surface area contributed by atoms with Crippen molar-refractivity contribution >= 4 is 20.0 Å². The standard InChI is InChI=1S/C8H14N2.C2F6NO4S2/c1-3-4-5-8-9-6-7-10(8)2;3-1(4,5)14(10,11)9-15(12,13)2(6,7)8/h6-7H,3-5H2,1-2H3;/q;-1/p+1. The minimum atomic E-state index is -6.72. The fraction of sp³-hybridized carbons (Fsp3) is 0.700. The van der Waals surface area contributed by atoms with Gasteiger partial charge >= 0.3 is 11.0 Å². The molecule has 1 N–H and O–H groups in total. The highest BCUT2D eigenvalue weighted by Gasteiger charge is 2.46. The predicted octanol–water partition coefficient (Wildman–Crippen LogP) is 2.24. The SMILES string of the molecule is CCCCc1[nH]cc[n+]1C.O=S(=O)([N-]S(=O)(=O)C(F)(F)F)C(F)(F)F. The van der Waals surface area contributed by atoms with Crippen LogP contribution in [-0.2, 0) is 33.5 Å². The van der Waals surface area contributed by atoms with Crippen molar-refractivity contribution in [3.63, 3.8) is 0 Å². The molecule has 0 saturated carbocycles. The Morgan fingerprint density at radius 1 is 1.04 bits per heavy atom. The summed E-state index contributed by atoms with van der Waals surface area (Å²) in [5.41, 5.74) is -12.4. The number of aromatic nitrogens is 2. The molecule has 1 aromatic heterocycles. The van der Waals surface area contributed by atoms with Crippen molar-refractivity contribution in [1.29, 1.82) is 0 Å². The van der Waals surface area contributed by atoms with Crippen LogP contribution in [0.4, 0.5) is 26.3 Å². The zero-order valence-corrected chi connectivity index (χ0v) is 14.5. The number of sulfonamides is 2. The van der Waals surface area contributed by atoms with E-state index in [1.54, 1.807) is 0 Å². The number of alkyl halides is 6. The van der Waals surface area contributed by atoms with Crippen LogP contribution in [0, 0.1) is 0 Å². The van der Waals surface area contributed by atoms with Gasteiger partial charge in [0.1, 0.15) is 12.4 Å². The largest absolute Gasteiger partial charge is 0.480 e. The first kappa shape index (κ1) is 23.6. The summed E-state index contributed by atoms with van der Waals surface area (Å²) < 4.78 is 111. The summed E-state index contributed by atoms with van der Waals surface area (Å²) in [6.45, 7) is 2.21. The predicted molar refractivity (Wildman–Crippen MR) is 73.9 cm³/mol. The van der Waals surface area contributed by atoms with Crippen molar-refractivity contribution in [1.82, 2.24) is 4.98 Å². The molecule has 0 fully saturated rings. The van der Waals surface area contributed by atoms with E-state index < -0.39 is 31.1 Å². The summed E-state index contributed by atoms with van der Waals surface area (Å²) in [5, 5.41) is 0. The van der Waals surface area contributed by atoms with Crippen LogP contribution in [0.3, 0.4) is 0 Å². The van der Waals surface area contributed by atoms with Gasteiger partial charge in [-0.1, -0.05) is 13.3 Å². The van der Waals surface area contributed by atoms with Crippen LogP contribution >= 0.6 is 0 Å². The molecule has 0 aliphatic rings. The molecule has 0 spiro atoms. The molecule has 0 unspecified atom stereocenters. The Kier molecular flexibility index (Phi) is 7.90. The number of aromatic amines is 1. The van der Waals surface area contributed by atoms with Gasteiger partial charge in [0.05, 0.1) is 7.05 Å². The summed E-state index contributed by atoms with van der Waals surface area (Å²) in [7, 11) is -11.4. The molecule has 15 heteroatoms.